The van der Waals surface area contributed by atoms with Crippen molar-refractivity contribution in [3.8, 4) is 11.1 Å². The fraction of sp³-hybridized carbons (Fsp3) is 0.200. The summed E-state index contributed by atoms with van der Waals surface area (Å²) in [4.78, 5) is 26.5. The van der Waals surface area contributed by atoms with Gasteiger partial charge in [0.1, 0.15) is 0 Å². The predicted molar refractivity (Wildman–Crippen MR) is 135 cm³/mol. The van der Waals surface area contributed by atoms with Crippen LogP contribution in [0.15, 0.2) is 54.6 Å². The number of amides is 3. The highest BCUT2D eigenvalue weighted by atomic mass is 35.5. The number of nitrogens with one attached hydrogen (secondary N) is 2. The Morgan fingerprint density at radius 3 is 2.24 bits per heavy atom. The monoisotopic (exact) mass is 501 g/mol. The van der Waals surface area contributed by atoms with E-state index < -0.39 is 5.54 Å². The summed E-state index contributed by atoms with van der Waals surface area (Å²) < 4.78 is 0. The van der Waals surface area contributed by atoms with Gasteiger partial charge in [-0.05, 0) is 55.3 Å². The van der Waals surface area contributed by atoms with E-state index in [0.29, 0.717) is 33.0 Å². The maximum Gasteiger partial charge on any atom is 0.326 e. The van der Waals surface area contributed by atoms with Gasteiger partial charge in [0.2, 0.25) is 5.91 Å². The van der Waals surface area contributed by atoms with E-state index in [2.05, 4.69) is 10.6 Å². The van der Waals surface area contributed by atoms with Crippen LogP contribution in [-0.4, -0.2) is 11.9 Å². The van der Waals surface area contributed by atoms with Gasteiger partial charge in [-0.1, -0.05) is 59.1 Å². The summed E-state index contributed by atoms with van der Waals surface area (Å²) in [5, 5.41) is 7.16. The topological polar surface area (TPSA) is 61.4 Å². The van der Waals surface area contributed by atoms with E-state index >= 15 is 0 Å². The first-order valence-corrected chi connectivity index (χ1v) is 11.5. The molecule has 0 spiro atoms. The van der Waals surface area contributed by atoms with Crippen LogP contribution in [0.2, 0.25) is 15.1 Å². The molecule has 3 aromatic carbocycles. The van der Waals surface area contributed by atoms with E-state index in [-0.39, 0.29) is 11.9 Å². The third-order valence-corrected chi connectivity index (χ3v) is 6.56. The van der Waals surface area contributed by atoms with E-state index in [1.165, 1.54) is 11.8 Å². The van der Waals surface area contributed by atoms with Crippen molar-refractivity contribution in [1.82, 2.24) is 10.6 Å². The first-order valence-electron chi connectivity index (χ1n) is 10.3. The van der Waals surface area contributed by atoms with Crippen LogP contribution in [0.4, 0.5) is 16.2 Å². The number of carbonyl (C=O) groups is 2. The third-order valence-electron chi connectivity index (χ3n) is 5.62. The van der Waals surface area contributed by atoms with Gasteiger partial charge in [0.05, 0.1) is 27.0 Å². The van der Waals surface area contributed by atoms with E-state index in [0.717, 1.165) is 22.3 Å². The molecule has 0 saturated carbocycles. The molecule has 0 fully saturated rings. The highest BCUT2D eigenvalue weighted by molar-refractivity contribution is 6.40. The Balaban J connectivity index is 2.05. The lowest BCUT2D eigenvalue weighted by Crippen LogP contribution is -2.43. The summed E-state index contributed by atoms with van der Waals surface area (Å²) in [5.74, 6) is -0.166. The van der Waals surface area contributed by atoms with Crippen molar-refractivity contribution in [3.05, 3.63) is 80.8 Å². The zero-order chi connectivity index (χ0) is 23.9. The zero-order valence-electron chi connectivity index (χ0n) is 18.3. The molecule has 3 aromatic rings. The molecule has 33 heavy (non-hydrogen) atoms. The fourth-order valence-corrected chi connectivity index (χ4v) is 4.92. The molecule has 4 rings (SSSR count). The van der Waals surface area contributed by atoms with Crippen molar-refractivity contribution in [3.63, 3.8) is 0 Å². The lowest BCUT2D eigenvalue weighted by Gasteiger charge is -2.35. The van der Waals surface area contributed by atoms with Crippen LogP contribution < -0.4 is 15.5 Å². The van der Waals surface area contributed by atoms with Crippen molar-refractivity contribution in [2.75, 3.05) is 4.90 Å². The van der Waals surface area contributed by atoms with Gasteiger partial charge in [-0.15, -0.1) is 0 Å². The predicted octanol–water partition coefficient (Wildman–Crippen LogP) is 7.05. The molecule has 5 nitrogen and oxygen atoms in total. The molecule has 0 atom stereocenters. The SMILES string of the molecule is CC(=O)NC(C)(C)c1cc(-c2ccccc2Cl)c2c(c1)N(c1c(Cl)cccc1Cl)C(=O)NC2. The van der Waals surface area contributed by atoms with E-state index in [1.54, 1.807) is 18.2 Å². The van der Waals surface area contributed by atoms with Gasteiger partial charge in [0.15, 0.2) is 0 Å². The summed E-state index contributed by atoms with van der Waals surface area (Å²) in [5.41, 5.74) is 3.62. The molecule has 0 aromatic heterocycles. The normalized spacial score (nSPS) is 13.4. The minimum absolute atomic E-state index is 0.166. The summed E-state index contributed by atoms with van der Waals surface area (Å²) in [6, 6.07) is 16.2. The average Bonchev–Trinajstić information content (AvgIpc) is 2.73. The highest BCUT2D eigenvalue weighted by Gasteiger charge is 2.33. The Bertz CT molecular complexity index is 1250. The van der Waals surface area contributed by atoms with Crippen LogP contribution in [0.25, 0.3) is 11.1 Å². The molecule has 1 aliphatic rings. The Kier molecular flexibility index (Phi) is 6.32. The molecule has 0 aliphatic carbocycles. The van der Waals surface area contributed by atoms with Gasteiger partial charge in [-0.3, -0.25) is 9.69 Å². The van der Waals surface area contributed by atoms with Crippen molar-refractivity contribution in [2.24, 2.45) is 0 Å². The second-order valence-electron chi connectivity index (χ2n) is 8.37. The van der Waals surface area contributed by atoms with Crippen LogP contribution in [0.1, 0.15) is 31.9 Å². The number of rotatable bonds is 4. The van der Waals surface area contributed by atoms with Crippen molar-refractivity contribution < 1.29 is 9.59 Å². The summed E-state index contributed by atoms with van der Waals surface area (Å²) in [7, 11) is 0. The molecular weight excluding hydrogens is 481 g/mol. The van der Waals surface area contributed by atoms with Crippen molar-refractivity contribution in [2.45, 2.75) is 32.9 Å². The Labute approximate surface area is 207 Å². The molecule has 3 amide bonds. The molecule has 8 heteroatoms. The molecule has 1 aliphatic heterocycles. The Morgan fingerprint density at radius 2 is 1.61 bits per heavy atom. The number of para-hydroxylation sites is 1. The van der Waals surface area contributed by atoms with Crippen LogP contribution in [0, 0.1) is 0 Å². The number of anilines is 2. The number of benzene rings is 3. The van der Waals surface area contributed by atoms with Gasteiger partial charge in [0, 0.05) is 29.6 Å². The molecule has 0 radical (unpaired) electrons. The number of fused-ring (bicyclic) bond motifs is 1. The van der Waals surface area contributed by atoms with Gasteiger partial charge in [0.25, 0.3) is 0 Å². The molecule has 0 bridgehead atoms. The van der Waals surface area contributed by atoms with E-state index in [1.807, 2.05) is 50.2 Å². The van der Waals surface area contributed by atoms with Crippen molar-refractivity contribution >= 4 is 58.1 Å². The van der Waals surface area contributed by atoms with Crippen LogP contribution in [-0.2, 0) is 16.9 Å². The summed E-state index contributed by atoms with van der Waals surface area (Å²) in [6.45, 7) is 5.58. The van der Waals surface area contributed by atoms with Crippen LogP contribution in [0.5, 0.6) is 0 Å². The largest absolute Gasteiger partial charge is 0.347 e. The van der Waals surface area contributed by atoms with Crippen LogP contribution in [0.3, 0.4) is 0 Å². The van der Waals surface area contributed by atoms with E-state index in [9.17, 15) is 9.59 Å². The fourth-order valence-electron chi connectivity index (χ4n) is 4.11. The Morgan fingerprint density at radius 1 is 0.970 bits per heavy atom. The first kappa shape index (κ1) is 23.4. The standard InChI is InChI=1S/C25H22Cl3N3O2/c1-14(32)30-25(2,3)15-11-17(16-7-4-5-8-19(16)26)18-13-29-24(33)31(22(18)12-15)23-20(27)9-6-10-21(23)28/h4-12H,13H2,1-3H3,(H,29,33)(H,30,32). The number of hydrogen-bond acceptors (Lipinski definition) is 2. The minimum Gasteiger partial charge on any atom is -0.347 e. The minimum atomic E-state index is -0.721. The first-order chi connectivity index (χ1) is 15.6. The van der Waals surface area contributed by atoms with Gasteiger partial charge >= 0.3 is 6.03 Å². The molecule has 1 heterocycles. The lowest BCUT2D eigenvalue weighted by molar-refractivity contribution is -0.120. The second kappa shape index (κ2) is 8.90. The molecular formula is C25H22Cl3N3O2. The van der Waals surface area contributed by atoms with Crippen molar-refractivity contribution in [1.29, 1.82) is 0 Å². The van der Waals surface area contributed by atoms with E-state index in [4.69, 9.17) is 34.8 Å². The van der Waals surface area contributed by atoms with Gasteiger partial charge in [-0.2, -0.15) is 0 Å². The van der Waals surface area contributed by atoms with Crippen LogP contribution >= 0.6 is 34.8 Å². The average molecular weight is 503 g/mol. The number of halogens is 3. The smallest absolute Gasteiger partial charge is 0.326 e. The molecule has 0 unspecified atom stereocenters. The molecule has 0 saturated heterocycles. The number of hydrogen-bond donors (Lipinski definition) is 2. The maximum atomic E-state index is 13.1. The summed E-state index contributed by atoms with van der Waals surface area (Å²) >= 11 is 19.6. The molecule has 2 N–H and O–H groups in total. The van der Waals surface area contributed by atoms with Gasteiger partial charge < -0.3 is 10.6 Å². The number of carbonyl (C=O) groups excluding carboxylic acids is 2. The maximum absolute atomic E-state index is 13.1. The zero-order valence-corrected chi connectivity index (χ0v) is 20.6. The van der Waals surface area contributed by atoms with Gasteiger partial charge in [-0.25, -0.2) is 4.79 Å². The molecule has 170 valence electrons. The quantitative estimate of drug-likeness (QED) is 0.402. The summed E-state index contributed by atoms with van der Waals surface area (Å²) in [6.07, 6.45) is 0. The second-order valence-corrected chi connectivity index (χ2v) is 9.59. The Hall–Kier alpha value is -2.73. The lowest BCUT2D eigenvalue weighted by atomic mass is 9.86. The number of urea groups is 1. The third kappa shape index (κ3) is 4.41. The highest BCUT2D eigenvalue weighted by Crippen LogP contribution is 2.45. The number of nitrogens with zero attached hydrogens (tertiary/aromatic N) is 1.